The van der Waals surface area contributed by atoms with Crippen LogP contribution in [0.2, 0.25) is 0 Å². The zero-order chi connectivity index (χ0) is 17.7. The number of halogens is 3. The van der Waals surface area contributed by atoms with Crippen LogP contribution < -0.4 is 15.5 Å². The molecule has 2 aliphatic heterocycles. The minimum Gasteiger partial charge on any atom is -0.384 e. The average Bonchev–Trinajstić information content (AvgIpc) is 2.63. The Morgan fingerprint density at radius 2 is 2.11 bits per heavy atom. The molecule has 0 bridgehead atoms. The molecule has 2 heterocycles. The SMILES string of the molecule is COCC1(C(=O)NC2CCCN(c3cccc(F)c3)C2)CCNCC1.Cl.Cl. The van der Waals surface area contributed by atoms with Crippen molar-refractivity contribution in [1.29, 1.82) is 0 Å². The summed E-state index contributed by atoms with van der Waals surface area (Å²) in [5.74, 6) is -0.126. The number of benzene rings is 1. The molecule has 154 valence electrons. The van der Waals surface area contributed by atoms with E-state index < -0.39 is 5.41 Å². The predicted octanol–water partition coefficient (Wildman–Crippen LogP) is 2.77. The molecule has 1 unspecified atom stereocenters. The highest BCUT2D eigenvalue weighted by Gasteiger charge is 2.40. The number of amides is 1. The number of piperidine rings is 2. The molecule has 0 aliphatic carbocycles. The van der Waals surface area contributed by atoms with Gasteiger partial charge < -0.3 is 20.3 Å². The van der Waals surface area contributed by atoms with Gasteiger partial charge in [-0.15, -0.1) is 24.8 Å². The van der Waals surface area contributed by atoms with Gasteiger partial charge in [0, 0.05) is 31.9 Å². The molecule has 2 saturated heterocycles. The van der Waals surface area contributed by atoms with Gasteiger partial charge in [0.2, 0.25) is 5.91 Å². The van der Waals surface area contributed by atoms with Crippen LogP contribution in [0.15, 0.2) is 24.3 Å². The molecule has 3 rings (SSSR count). The largest absolute Gasteiger partial charge is 0.384 e. The molecular weight excluding hydrogens is 392 g/mol. The number of rotatable bonds is 5. The molecule has 0 saturated carbocycles. The second-order valence-corrected chi connectivity index (χ2v) is 7.20. The molecule has 1 atom stereocenters. The van der Waals surface area contributed by atoms with E-state index in [9.17, 15) is 9.18 Å². The topological polar surface area (TPSA) is 53.6 Å². The van der Waals surface area contributed by atoms with E-state index in [1.54, 1.807) is 19.2 Å². The molecule has 5 nitrogen and oxygen atoms in total. The van der Waals surface area contributed by atoms with Gasteiger partial charge in [-0.1, -0.05) is 6.07 Å². The molecule has 0 radical (unpaired) electrons. The van der Waals surface area contributed by atoms with E-state index in [1.807, 2.05) is 6.07 Å². The lowest BCUT2D eigenvalue weighted by Crippen LogP contribution is -2.55. The highest BCUT2D eigenvalue weighted by atomic mass is 35.5. The van der Waals surface area contributed by atoms with Crippen LogP contribution in [0.25, 0.3) is 0 Å². The highest BCUT2D eigenvalue weighted by molar-refractivity contribution is 5.85. The first-order valence-electron chi connectivity index (χ1n) is 9.14. The third-order valence-corrected chi connectivity index (χ3v) is 5.39. The Morgan fingerprint density at radius 1 is 1.37 bits per heavy atom. The third kappa shape index (κ3) is 5.95. The van der Waals surface area contributed by atoms with Crippen LogP contribution in [0.3, 0.4) is 0 Å². The Balaban J connectivity index is 0.00000182. The van der Waals surface area contributed by atoms with Gasteiger partial charge in [-0.25, -0.2) is 4.39 Å². The van der Waals surface area contributed by atoms with Gasteiger partial charge in [-0.2, -0.15) is 0 Å². The fourth-order valence-corrected chi connectivity index (χ4v) is 3.96. The van der Waals surface area contributed by atoms with E-state index in [0.717, 1.165) is 57.5 Å². The molecule has 0 aromatic heterocycles. The van der Waals surface area contributed by atoms with Crippen LogP contribution in [0.4, 0.5) is 10.1 Å². The van der Waals surface area contributed by atoms with Crippen molar-refractivity contribution in [1.82, 2.24) is 10.6 Å². The van der Waals surface area contributed by atoms with Crippen LogP contribution in [0, 0.1) is 11.2 Å². The molecule has 2 N–H and O–H groups in total. The van der Waals surface area contributed by atoms with Crippen LogP contribution in [-0.4, -0.2) is 51.8 Å². The lowest BCUT2D eigenvalue weighted by atomic mass is 9.78. The third-order valence-electron chi connectivity index (χ3n) is 5.39. The summed E-state index contributed by atoms with van der Waals surface area (Å²) in [4.78, 5) is 15.1. The second-order valence-electron chi connectivity index (χ2n) is 7.20. The van der Waals surface area contributed by atoms with Gasteiger partial charge in [0.1, 0.15) is 5.82 Å². The number of hydrogen-bond acceptors (Lipinski definition) is 4. The van der Waals surface area contributed by atoms with Crippen molar-refractivity contribution in [2.75, 3.05) is 44.8 Å². The Hall–Kier alpha value is -1.08. The first kappa shape index (κ1) is 24.0. The first-order valence-corrected chi connectivity index (χ1v) is 9.14. The van der Waals surface area contributed by atoms with Crippen molar-refractivity contribution < 1.29 is 13.9 Å². The van der Waals surface area contributed by atoms with Gasteiger partial charge in [0.15, 0.2) is 0 Å². The Labute approximate surface area is 173 Å². The predicted molar refractivity (Wildman–Crippen MR) is 111 cm³/mol. The van der Waals surface area contributed by atoms with Crippen molar-refractivity contribution in [3.8, 4) is 0 Å². The molecule has 8 heteroatoms. The number of carbonyl (C=O) groups excluding carboxylic acids is 1. The van der Waals surface area contributed by atoms with Crippen molar-refractivity contribution in [3.63, 3.8) is 0 Å². The smallest absolute Gasteiger partial charge is 0.228 e. The van der Waals surface area contributed by atoms with Crippen molar-refractivity contribution >= 4 is 36.4 Å². The molecule has 1 aromatic rings. The standard InChI is InChI=1S/C19H28FN3O2.2ClH/c1-25-14-19(7-9-21-10-8-19)18(24)22-16-5-3-11-23(13-16)17-6-2-4-15(20)12-17;;/h2,4,6,12,16,21H,3,5,7-11,13-14H2,1H3,(H,22,24);2*1H. The number of carbonyl (C=O) groups is 1. The fraction of sp³-hybridized carbons (Fsp3) is 0.632. The average molecular weight is 422 g/mol. The van der Waals surface area contributed by atoms with E-state index in [-0.39, 0.29) is 42.6 Å². The molecule has 2 aliphatic rings. The number of ether oxygens (including phenoxy) is 1. The maximum Gasteiger partial charge on any atom is 0.228 e. The monoisotopic (exact) mass is 421 g/mol. The van der Waals surface area contributed by atoms with Gasteiger partial charge >= 0.3 is 0 Å². The van der Waals surface area contributed by atoms with E-state index in [0.29, 0.717) is 6.61 Å². The summed E-state index contributed by atoms with van der Waals surface area (Å²) in [6.45, 7) is 3.76. The van der Waals surface area contributed by atoms with Gasteiger partial charge in [-0.05, 0) is 57.0 Å². The van der Waals surface area contributed by atoms with E-state index >= 15 is 0 Å². The zero-order valence-corrected chi connectivity index (χ0v) is 17.3. The summed E-state index contributed by atoms with van der Waals surface area (Å²) in [5, 5.41) is 6.56. The van der Waals surface area contributed by atoms with Crippen molar-refractivity contribution in [3.05, 3.63) is 30.1 Å². The summed E-state index contributed by atoms with van der Waals surface area (Å²) in [6.07, 6.45) is 3.54. The normalized spacial score (nSPS) is 21.6. The summed E-state index contributed by atoms with van der Waals surface area (Å²) in [6, 6.07) is 6.76. The molecular formula is C19H30Cl2FN3O2. The van der Waals surface area contributed by atoms with Crippen LogP contribution in [0.5, 0.6) is 0 Å². The zero-order valence-electron chi connectivity index (χ0n) is 15.7. The number of hydrogen-bond donors (Lipinski definition) is 2. The minimum atomic E-state index is -0.429. The first-order chi connectivity index (χ1) is 12.1. The Bertz CT molecular complexity index is 595. The minimum absolute atomic E-state index is 0. The summed E-state index contributed by atoms with van der Waals surface area (Å²) in [7, 11) is 1.66. The summed E-state index contributed by atoms with van der Waals surface area (Å²) < 4.78 is 18.8. The number of nitrogens with one attached hydrogen (secondary N) is 2. The molecule has 1 aromatic carbocycles. The van der Waals surface area contributed by atoms with Crippen LogP contribution >= 0.6 is 24.8 Å². The molecule has 1 amide bonds. The fourth-order valence-electron chi connectivity index (χ4n) is 3.96. The van der Waals surface area contributed by atoms with Crippen molar-refractivity contribution in [2.24, 2.45) is 5.41 Å². The van der Waals surface area contributed by atoms with E-state index in [1.165, 1.54) is 6.07 Å². The number of methoxy groups -OCH3 is 1. The number of nitrogens with zero attached hydrogens (tertiary/aromatic N) is 1. The molecule has 2 fully saturated rings. The van der Waals surface area contributed by atoms with Gasteiger partial charge in [0.05, 0.1) is 12.0 Å². The quantitative estimate of drug-likeness (QED) is 0.767. The van der Waals surface area contributed by atoms with Gasteiger partial charge in [0.25, 0.3) is 0 Å². The van der Waals surface area contributed by atoms with Gasteiger partial charge in [-0.3, -0.25) is 4.79 Å². The Kier molecular flexibility index (Phi) is 9.81. The lowest BCUT2D eigenvalue weighted by Gasteiger charge is -2.39. The maximum absolute atomic E-state index is 13.5. The maximum atomic E-state index is 13.5. The molecule has 0 spiro atoms. The van der Waals surface area contributed by atoms with E-state index in [4.69, 9.17) is 4.74 Å². The second kappa shape index (κ2) is 11.1. The van der Waals surface area contributed by atoms with Crippen LogP contribution in [0.1, 0.15) is 25.7 Å². The van der Waals surface area contributed by atoms with Crippen LogP contribution in [-0.2, 0) is 9.53 Å². The molecule has 27 heavy (non-hydrogen) atoms. The highest BCUT2D eigenvalue weighted by Crippen LogP contribution is 2.30. The number of anilines is 1. The van der Waals surface area contributed by atoms with Crippen molar-refractivity contribution in [2.45, 2.75) is 31.7 Å². The lowest BCUT2D eigenvalue weighted by molar-refractivity contribution is -0.137. The summed E-state index contributed by atoms with van der Waals surface area (Å²) >= 11 is 0. The van der Waals surface area contributed by atoms with E-state index in [2.05, 4.69) is 15.5 Å². The summed E-state index contributed by atoms with van der Waals surface area (Å²) in [5.41, 5.74) is 0.452. The Morgan fingerprint density at radius 3 is 2.78 bits per heavy atom.